The SMILES string of the molecule is CCN(CCNC(=O)C1CCN(S(=O)(=O)c2ccc(Cl)c(C(F)(F)F)c2)CC1)C(C)C. The monoisotopic (exact) mass is 483 g/mol. The largest absolute Gasteiger partial charge is 0.417 e. The van der Waals surface area contributed by atoms with Crippen molar-refractivity contribution in [3.05, 3.63) is 28.8 Å². The highest BCUT2D eigenvalue weighted by atomic mass is 35.5. The fourth-order valence-electron chi connectivity index (χ4n) is 3.64. The highest BCUT2D eigenvalue weighted by Gasteiger charge is 2.37. The summed E-state index contributed by atoms with van der Waals surface area (Å²) in [5.74, 6) is -0.445. The molecule has 0 bridgehead atoms. The van der Waals surface area contributed by atoms with Gasteiger partial charge in [-0.15, -0.1) is 0 Å². The van der Waals surface area contributed by atoms with Crippen molar-refractivity contribution in [2.75, 3.05) is 32.7 Å². The average Bonchev–Trinajstić information content (AvgIpc) is 2.70. The minimum Gasteiger partial charge on any atom is -0.355 e. The summed E-state index contributed by atoms with van der Waals surface area (Å²) >= 11 is 5.58. The number of hydrogen-bond acceptors (Lipinski definition) is 4. The molecule has 0 saturated carbocycles. The normalized spacial score (nSPS) is 16.8. The number of nitrogens with one attached hydrogen (secondary N) is 1. The Kier molecular flexibility index (Phi) is 8.77. The molecule has 0 radical (unpaired) electrons. The summed E-state index contributed by atoms with van der Waals surface area (Å²) in [6.45, 7) is 8.47. The zero-order chi connectivity index (χ0) is 23.4. The van der Waals surface area contributed by atoms with Gasteiger partial charge in [0.05, 0.1) is 15.5 Å². The van der Waals surface area contributed by atoms with Crippen molar-refractivity contribution in [2.24, 2.45) is 5.92 Å². The van der Waals surface area contributed by atoms with E-state index in [4.69, 9.17) is 11.6 Å². The van der Waals surface area contributed by atoms with Crippen LogP contribution in [0.4, 0.5) is 13.2 Å². The zero-order valence-electron chi connectivity index (χ0n) is 17.9. The van der Waals surface area contributed by atoms with Crippen molar-refractivity contribution >= 4 is 27.5 Å². The van der Waals surface area contributed by atoms with Crippen LogP contribution in [0.15, 0.2) is 23.1 Å². The molecule has 176 valence electrons. The van der Waals surface area contributed by atoms with Gasteiger partial charge in [-0.3, -0.25) is 9.69 Å². The second kappa shape index (κ2) is 10.5. The van der Waals surface area contributed by atoms with E-state index in [-0.39, 0.29) is 24.9 Å². The smallest absolute Gasteiger partial charge is 0.355 e. The zero-order valence-corrected chi connectivity index (χ0v) is 19.4. The summed E-state index contributed by atoms with van der Waals surface area (Å²) in [6, 6.07) is 2.94. The van der Waals surface area contributed by atoms with Gasteiger partial charge < -0.3 is 5.32 Å². The van der Waals surface area contributed by atoms with Crippen LogP contribution < -0.4 is 5.32 Å². The van der Waals surface area contributed by atoms with E-state index in [1.165, 1.54) is 0 Å². The standard InChI is InChI=1S/C20H29ClF3N3O3S/c1-4-26(14(2)3)12-9-25-19(28)15-7-10-27(11-8-15)31(29,30)16-5-6-18(21)17(13-16)20(22,23)24/h5-6,13-15H,4,7-12H2,1-3H3,(H,25,28). The van der Waals surface area contributed by atoms with Gasteiger partial charge in [0.15, 0.2) is 0 Å². The van der Waals surface area contributed by atoms with Gasteiger partial charge >= 0.3 is 6.18 Å². The van der Waals surface area contributed by atoms with Crippen LogP contribution in [0.25, 0.3) is 0 Å². The molecule has 1 N–H and O–H groups in total. The number of rotatable bonds is 8. The molecule has 2 rings (SSSR count). The van der Waals surface area contributed by atoms with Crippen LogP contribution in [0.1, 0.15) is 39.2 Å². The number of carbonyl (C=O) groups is 1. The Bertz CT molecular complexity index is 870. The summed E-state index contributed by atoms with van der Waals surface area (Å²) in [7, 11) is -4.12. The predicted molar refractivity (Wildman–Crippen MR) is 113 cm³/mol. The molecule has 1 heterocycles. The van der Waals surface area contributed by atoms with Gasteiger partial charge in [0.1, 0.15) is 0 Å². The Balaban J connectivity index is 1.97. The summed E-state index contributed by atoms with van der Waals surface area (Å²) in [4.78, 5) is 14.2. The quantitative estimate of drug-likeness (QED) is 0.613. The topological polar surface area (TPSA) is 69.7 Å². The van der Waals surface area contributed by atoms with Crippen LogP contribution in [0.3, 0.4) is 0 Å². The number of likely N-dealkylation sites (N-methyl/N-ethyl adjacent to an activating group) is 1. The molecule has 0 unspecified atom stereocenters. The van der Waals surface area contributed by atoms with E-state index in [1.54, 1.807) is 0 Å². The number of hydrogen-bond donors (Lipinski definition) is 1. The number of piperidine rings is 1. The first-order valence-electron chi connectivity index (χ1n) is 10.3. The van der Waals surface area contributed by atoms with E-state index in [9.17, 15) is 26.4 Å². The number of sulfonamides is 1. The Morgan fingerprint density at radius 1 is 1.29 bits per heavy atom. The minimum absolute atomic E-state index is 0.0669. The number of nitrogens with zero attached hydrogens (tertiary/aromatic N) is 2. The Morgan fingerprint density at radius 2 is 1.90 bits per heavy atom. The lowest BCUT2D eigenvalue weighted by Crippen LogP contribution is -2.44. The predicted octanol–water partition coefficient (Wildman–Crippen LogP) is 3.61. The van der Waals surface area contributed by atoms with Crippen LogP contribution in [0, 0.1) is 5.92 Å². The van der Waals surface area contributed by atoms with E-state index in [1.807, 2.05) is 0 Å². The third-order valence-corrected chi connectivity index (χ3v) is 7.76. The van der Waals surface area contributed by atoms with Crippen molar-refractivity contribution in [1.82, 2.24) is 14.5 Å². The molecule has 1 aliphatic heterocycles. The van der Waals surface area contributed by atoms with E-state index in [2.05, 4.69) is 31.0 Å². The van der Waals surface area contributed by atoms with Gasteiger partial charge in [0.25, 0.3) is 0 Å². The number of amides is 1. The lowest BCUT2D eigenvalue weighted by atomic mass is 9.97. The third-order valence-electron chi connectivity index (χ3n) is 5.54. The summed E-state index contributed by atoms with van der Waals surface area (Å²) in [6.07, 6.45) is -4.13. The molecule has 1 saturated heterocycles. The molecule has 0 aliphatic carbocycles. The first-order valence-corrected chi connectivity index (χ1v) is 12.1. The molecular weight excluding hydrogens is 455 g/mol. The van der Waals surface area contributed by atoms with Crippen LogP contribution in [-0.2, 0) is 21.0 Å². The maximum atomic E-state index is 13.1. The molecule has 0 spiro atoms. The van der Waals surface area contributed by atoms with Crippen molar-refractivity contribution in [2.45, 2.75) is 50.7 Å². The van der Waals surface area contributed by atoms with Crippen LogP contribution in [0.5, 0.6) is 0 Å². The van der Waals surface area contributed by atoms with Crippen LogP contribution >= 0.6 is 11.6 Å². The molecule has 0 atom stereocenters. The van der Waals surface area contributed by atoms with Gasteiger partial charge in [0, 0.05) is 38.1 Å². The van der Waals surface area contributed by atoms with Crippen LogP contribution in [0.2, 0.25) is 5.02 Å². The van der Waals surface area contributed by atoms with Crippen molar-refractivity contribution in [3.63, 3.8) is 0 Å². The molecule has 31 heavy (non-hydrogen) atoms. The Hall–Kier alpha value is -1.36. The molecule has 1 aromatic carbocycles. The lowest BCUT2D eigenvalue weighted by Gasteiger charge is -2.31. The number of carbonyl (C=O) groups excluding carboxylic acids is 1. The first-order chi connectivity index (χ1) is 14.4. The maximum absolute atomic E-state index is 13.1. The second-order valence-electron chi connectivity index (χ2n) is 7.83. The van der Waals surface area contributed by atoms with Gasteiger partial charge in [0.2, 0.25) is 15.9 Å². The summed E-state index contributed by atoms with van der Waals surface area (Å²) in [5, 5.41) is 2.34. The van der Waals surface area contributed by atoms with Crippen molar-refractivity contribution in [3.8, 4) is 0 Å². The summed E-state index contributed by atoms with van der Waals surface area (Å²) in [5.41, 5.74) is -1.19. The molecule has 1 aromatic rings. The van der Waals surface area contributed by atoms with Gasteiger partial charge in [-0.05, 0) is 51.4 Å². The fraction of sp³-hybridized carbons (Fsp3) is 0.650. The van der Waals surface area contributed by atoms with Gasteiger partial charge in [-0.25, -0.2) is 8.42 Å². The van der Waals surface area contributed by atoms with Gasteiger partial charge in [-0.1, -0.05) is 18.5 Å². The van der Waals surface area contributed by atoms with Crippen molar-refractivity contribution in [1.29, 1.82) is 0 Å². The molecule has 0 aromatic heterocycles. The number of alkyl halides is 3. The Morgan fingerprint density at radius 3 is 2.42 bits per heavy atom. The summed E-state index contributed by atoms with van der Waals surface area (Å²) < 4.78 is 66.0. The fourth-order valence-corrected chi connectivity index (χ4v) is 5.36. The second-order valence-corrected chi connectivity index (χ2v) is 10.2. The molecular formula is C20H29ClF3N3O3S. The van der Waals surface area contributed by atoms with E-state index in [0.29, 0.717) is 31.5 Å². The number of benzene rings is 1. The lowest BCUT2D eigenvalue weighted by molar-refractivity contribution is -0.137. The molecule has 1 fully saturated rings. The first kappa shape index (κ1) is 25.9. The van der Waals surface area contributed by atoms with E-state index in [0.717, 1.165) is 29.5 Å². The molecule has 6 nitrogen and oxygen atoms in total. The highest BCUT2D eigenvalue weighted by Crippen LogP contribution is 2.36. The van der Waals surface area contributed by atoms with Crippen LogP contribution in [-0.4, -0.2) is 62.3 Å². The number of halogens is 4. The molecule has 11 heteroatoms. The molecule has 1 aliphatic rings. The Labute approximate surface area is 186 Å². The van der Waals surface area contributed by atoms with Gasteiger partial charge in [-0.2, -0.15) is 17.5 Å². The highest BCUT2D eigenvalue weighted by molar-refractivity contribution is 7.89. The van der Waals surface area contributed by atoms with E-state index >= 15 is 0 Å². The minimum atomic E-state index is -4.75. The van der Waals surface area contributed by atoms with Crippen molar-refractivity contribution < 1.29 is 26.4 Å². The molecule has 1 amide bonds. The average molecular weight is 484 g/mol. The van der Waals surface area contributed by atoms with E-state index < -0.39 is 31.7 Å². The third kappa shape index (κ3) is 6.57. The maximum Gasteiger partial charge on any atom is 0.417 e.